The summed E-state index contributed by atoms with van der Waals surface area (Å²) < 4.78 is 90.7. The molecular formula is C37H59NO35S. The second kappa shape index (κ2) is 25.9. The average Bonchev–Trinajstić information content (AvgIpc) is 3.34. The lowest BCUT2D eigenvalue weighted by Gasteiger charge is -2.49. The molecule has 4 fully saturated rings. The van der Waals surface area contributed by atoms with Gasteiger partial charge < -0.3 is 145 Å². The SMILES string of the molecule is CC(=O)N[C@H]1[C@H](O[C@H]2[C@H](O)[C@@H](O)[C@H](O[C@H]3[C@@H](O)[C@@H](CO)O[C@@H](O[C@H]4[C@@H](O)[C@@H](COS(=O)(=O)O)O[C@@H](O[C@H](CO)[C@H](O)[C@@H](O)CO)[C@@H]4O)[C@@H]3O)O[C@@H]2C(=O)O)O[C@H](CO)[C@H](O)[C@@H]1O[C@@H]1OC(C(=O)O)=C(O)[C@H](O)[C@H]1O. The van der Waals surface area contributed by atoms with Crippen molar-refractivity contribution in [3.63, 3.8) is 0 Å². The highest BCUT2D eigenvalue weighted by Gasteiger charge is 2.58. The molecular weight excluding hydrogens is 1050 g/mol. The molecule has 0 aromatic carbocycles. The van der Waals surface area contributed by atoms with Crippen molar-refractivity contribution in [2.45, 2.75) is 166 Å². The van der Waals surface area contributed by atoms with Crippen LogP contribution in [0.3, 0.4) is 0 Å². The van der Waals surface area contributed by atoms with Crippen LogP contribution in [0.15, 0.2) is 11.5 Å². The summed E-state index contributed by atoms with van der Waals surface area (Å²) in [6, 6.07) is -1.94. The van der Waals surface area contributed by atoms with E-state index < -0.39 is 232 Å². The standard InChI is InChI=1S/C37H59NO35S/c1-7(43)38-13-25(68-34-21(52)18(49)19(50)29(72-34)31(56)57)15(46)10(4-41)64-33(13)71-28-20(51)22(53)35(73-30(28)32(58)59)69-26-16(47)11(5-42)66-37(24(26)55)70-27-17(48)12(6-63-74(60,61)62)67-36(23(27)54)65-9(3-40)14(45)8(44)2-39/h8-18,20-28,30,33-37,39-42,44-55H,2-6H2,1H3,(H,38,43)(H,56,57)(H,58,59)(H,60,61,62)/t8-,9+,10+,11+,12+,13+,14+,15-,16-,17-,18-,20+,21+,22+,23+,24+,25+,26-,27-,28-,30-,33-,34+,35+,36+,37-/m0/s1. The fourth-order valence-corrected chi connectivity index (χ4v) is 8.47. The number of hydrogen-bond donors (Lipinski definition) is 20. The van der Waals surface area contributed by atoms with Gasteiger partial charge in [-0.25, -0.2) is 13.8 Å². The molecule has 37 heteroatoms. The van der Waals surface area contributed by atoms with E-state index in [1.54, 1.807) is 0 Å². The quantitative estimate of drug-likeness (QED) is 0.0448. The van der Waals surface area contributed by atoms with Gasteiger partial charge in [0.2, 0.25) is 18.0 Å². The van der Waals surface area contributed by atoms with Crippen molar-refractivity contribution in [3.8, 4) is 0 Å². The number of carboxylic acid groups (broad SMARTS) is 2. The minimum absolute atomic E-state index is 0.894. The molecule has 26 atom stereocenters. The van der Waals surface area contributed by atoms with E-state index in [2.05, 4.69) is 9.50 Å². The molecule has 0 aromatic rings. The van der Waals surface area contributed by atoms with E-state index in [9.17, 15) is 115 Å². The van der Waals surface area contributed by atoms with Gasteiger partial charge in [-0.1, -0.05) is 0 Å². The van der Waals surface area contributed by atoms with Crippen LogP contribution in [0.1, 0.15) is 6.92 Å². The molecule has 74 heavy (non-hydrogen) atoms. The van der Waals surface area contributed by atoms with E-state index in [1.165, 1.54) is 0 Å². The highest BCUT2D eigenvalue weighted by Crippen LogP contribution is 2.37. The van der Waals surface area contributed by atoms with Crippen molar-refractivity contribution < 1.29 is 171 Å². The van der Waals surface area contributed by atoms with E-state index >= 15 is 0 Å². The molecule has 1 amide bonds. The van der Waals surface area contributed by atoms with Gasteiger partial charge in [0.25, 0.3) is 0 Å². The summed E-state index contributed by atoms with van der Waals surface area (Å²) in [5, 5.41) is 191. The van der Waals surface area contributed by atoms with Gasteiger partial charge in [0.1, 0.15) is 122 Å². The van der Waals surface area contributed by atoms with Crippen LogP contribution in [-0.2, 0) is 76.3 Å². The van der Waals surface area contributed by atoms with Crippen LogP contribution >= 0.6 is 0 Å². The largest absolute Gasteiger partial charge is 0.506 e. The van der Waals surface area contributed by atoms with E-state index in [0.717, 1.165) is 6.92 Å². The number of ether oxygens (including phenoxy) is 10. The van der Waals surface area contributed by atoms with E-state index in [4.69, 9.17) is 51.9 Å². The fraction of sp³-hybridized carbons (Fsp3) is 0.865. The second-order valence-electron chi connectivity index (χ2n) is 17.1. The van der Waals surface area contributed by atoms with Crippen molar-refractivity contribution in [2.75, 3.05) is 33.0 Å². The molecule has 5 heterocycles. The van der Waals surface area contributed by atoms with Gasteiger partial charge in [0.15, 0.2) is 37.0 Å². The zero-order chi connectivity index (χ0) is 55.4. The molecule has 0 bridgehead atoms. The smallest absolute Gasteiger partial charge is 0.397 e. The van der Waals surface area contributed by atoms with E-state index in [1.807, 2.05) is 0 Å². The number of aliphatic hydroxyl groups is 16. The highest BCUT2D eigenvalue weighted by molar-refractivity contribution is 7.80. The summed E-state index contributed by atoms with van der Waals surface area (Å²) in [6.07, 6.45) is -55.8. The Morgan fingerprint density at radius 2 is 1.12 bits per heavy atom. The predicted octanol–water partition coefficient (Wildman–Crippen LogP) is -12.6. The summed E-state index contributed by atoms with van der Waals surface area (Å²) >= 11 is 0. The Hall–Kier alpha value is -3.34. The summed E-state index contributed by atoms with van der Waals surface area (Å²) in [5.74, 6) is -7.63. The topological polar surface area (TPSA) is 583 Å². The number of amides is 1. The van der Waals surface area contributed by atoms with Gasteiger partial charge >= 0.3 is 22.3 Å². The van der Waals surface area contributed by atoms with Gasteiger partial charge in [0.05, 0.1) is 33.0 Å². The average molecular weight is 1110 g/mol. The van der Waals surface area contributed by atoms with Crippen molar-refractivity contribution >= 4 is 28.2 Å². The lowest BCUT2D eigenvalue weighted by atomic mass is 9.94. The van der Waals surface area contributed by atoms with E-state index in [0.29, 0.717) is 0 Å². The first-order valence-electron chi connectivity index (χ1n) is 21.9. The lowest BCUT2D eigenvalue weighted by molar-refractivity contribution is -0.387. The third-order valence-corrected chi connectivity index (χ3v) is 12.4. The fourth-order valence-electron chi connectivity index (χ4n) is 8.17. The summed E-state index contributed by atoms with van der Waals surface area (Å²) in [7, 11) is -5.28. The Morgan fingerprint density at radius 1 is 0.622 bits per heavy atom. The lowest BCUT2D eigenvalue weighted by Crippen LogP contribution is -2.70. The molecule has 36 nitrogen and oxygen atoms in total. The Bertz CT molecular complexity index is 2020. The maximum atomic E-state index is 12.8. The van der Waals surface area contributed by atoms with Gasteiger partial charge in [-0.05, 0) is 0 Å². The van der Waals surface area contributed by atoms with Crippen LogP contribution in [0.5, 0.6) is 0 Å². The number of rotatable bonds is 22. The molecule has 5 rings (SSSR count). The van der Waals surface area contributed by atoms with Crippen LogP contribution in [0.25, 0.3) is 0 Å². The van der Waals surface area contributed by atoms with Gasteiger partial charge in [-0.15, -0.1) is 0 Å². The molecule has 0 spiro atoms. The number of aliphatic carboxylic acids is 2. The van der Waals surface area contributed by atoms with Gasteiger partial charge in [-0.2, -0.15) is 8.42 Å². The van der Waals surface area contributed by atoms with Crippen LogP contribution in [0.2, 0.25) is 0 Å². The van der Waals surface area contributed by atoms with Crippen LogP contribution in [-0.4, -0.2) is 315 Å². The first-order valence-corrected chi connectivity index (χ1v) is 23.2. The van der Waals surface area contributed by atoms with Crippen molar-refractivity contribution in [2.24, 2.45) is 0 Å². The molecule has 20 N–H and O–H groups in total. The minimum Gasteiger partial charge on any atom is -0.506 e. The molecule has 0 unspecified atom stereocenters. The maximum absolute atomic E-state index is 12.8. The molecule has 5 aliphatic rings. The summed E-state index contributed by atoms with van der Waals surface area (Å²) in [6.45, 7) is -4.92. The Morgan fingerprint density at radius 3 is 1.64 bits per heavy atom. The number of nitrogens with one attached hydrogen (secondary N) is 1. The molecule has 5 aliphatic heterocycles. The molecule has 0 saturated carbocycles. The van der Waals surface area contributed by atoms with Gasteiger partial charge in [-0.3, -0.25) is 9.35 Å². The normalized spacial score (nSPS) is 42.4. The predicted molar refractivity (Wildman–Crippen MR) is 218 cm³/mol. The molecule has 0 radical (unpaired) electrons. The molecule has 428 valence electrons. The van der Waals surface area contributed by atoms with Crippen molar-refractivity contribution in [3.05, 3.63) is 11.5 Å². The van der Waals surface area contributed by atoms with Gasteiger partial charge in [0, 0.05) is 6.92 Å². The number of hydrogen-bond acceptors (Lipinski definition) is 32. The van der Waals surface area contributed by atoms with Crippen molar-refractivity contribution in [1.82, 2.24) is 5.32 Å². The zero-order valence-electron chi connectivity index (χ0n) is 38.0. The zero-order valence-corrected chi connectivity index (χ0v) is 38.8. The van der Waals surface area contributed by atoms with Crippen LogP contribution in [0, 0.1) is 0 Å². The Labute approximate surface area is 415 Å². The Kier molecular flexibility index (Phi) is 21.5. The number of aliphatic hydroxyl groups excluding tert-OH is 16. The first-order chi connectivity index (χ1) is 34.6. The van der Waals surface area contributed by atoms with E-state index in [-0.39, 0.29) is 0 Å². The molecule has 0 aliphatic carbocycles. The highest BCUT2D eigenvalue weighted by atomic mass is 32.3. The first kappa shape index (κ1) is 61.5. The Balaban J connectivity index is 1.39. The number of carbonyl (C=O) groups is 3. The maximum Gasteiger partial charge on any atom is 0.397 e. The summed E-state index contributed by atoms with van der Waals surface area (Å²) in [5.41, 5.74) is 0. The monoisotopic (exact) mass is 1110 g/mol. The number of carbonyl (C=O) groups excluding carboxylic acids is 1. The van der Waals surface area contributed by atoms with Crippen molar-refractivity contribution in [1.29, 1.82) is 0 Å². The second-order valence-corrected chi connectivity index (χ2v) is 18.2. The third-order valence-electron chi connectivity index (χ3n) is 12.0. The molecule has 0 aromatic heterocycles. The number of carboxylic acids is 2. The molecule has 4 saturated heterocycles. The van der Waals surface area contributed by atoms with Crippen LogP contribution in [0.4, 0.5) is 0 Å². The minimum atomic E-state index is -5.28. The third kappa shape index (κ3) is 13.8. The summed E-state index contributed by atoms with van der Waals surface area (Å²) in [4.78, 5) is 36.9. The van der Waals surface area contributed by atoms with Crippen LogP contribution < -0.4 is 5.32 Å².